The van der Waals surface area contributed by atoms with Crippen molar-refractivity contribution in [2.75, 3.05) is 39.3 Å². The van der Waals surface area contributed by atoms with Crippen molar-refractivity contribution in [1.82, 2.24) is 14.4 Å². The van der Waals surface area contributed by atoms with Crippen LogP contribution in [0, 0.1) is 0 Å². The first kappa shape index (κ1) is 28.6. The van der Waals surface area contributed by atoms with Crippen LogP contribution in [0.15, 0.2) is 115 Å². The highest BCUT2D eigenvalue weighted by Gasteiger charge is 2.24. The molecule has 6 heteroatoms. The van der Waals surface area contributed by atoms with Gasteiger partial charge in [-0.25, -0.2) is 4.79 Å². The topological polar surface area (TPSA) is 37.7 Å². The van der Waals surface area contributed by atoms with Crippen LogP contribution in [-0.4, -0.2) is 65.7 Å². The van der Waals surface area contributed by atoms with Crippen molar-refractivity contribution < 1.29 is 9.53 Å². The van der Waals surface area contributed by atoms with E-state index in [4.69, 9.17) is 4.74 Å². The lowest BCUT2D eigenvalue weighted by atomic mass is 10.2. The van der Waals surface area contributed by atoms with Crippen LogP contribution in [0.1, 0.15) is 15.9 Å². The number of benzene rings is 4. The second-order valence-corrected chi connectivity index (χ2v) is 10.5. The molecule has 2 heterocycles. The minimum absolute atomic E-state index is 0. The van der Waals surface area contributed by atoms with Crippen LogP contribution >= 0.6 is 12.4 Å². The molecule has 6 rings (SSSR count). The molecule has 41 heavy (non-hydrogen) atoms. The molecule has 5 nitrogen and oxygen atoms in total. The Hall–Kier alpha value is -3.90. The zero-order valence-corrected chi connectivity index (χ0v) is 24.0. The average molecular weight is 566 g/mol. The number of piperazine rings is 1. The predicted molar refractivity (Wildman–Crippen MR) is 171 cm³/mol. The molecule has 1 unspecified atom stereocenters. The molecule has 0 radical (unpaired) electrons. The van der Waals surface area contributed by atoms with Crippen molar-refractivity contribution in [2.24, 2.45) is 0 Å². The Labute approximate surface area is 248 Å². The number of halogens is 1. The van der Waals surface area contributed by atoms with Gasteiger partial charge < -0.3 is 9.30 Å². The smallest absolute Gasteiger partial charge is 0.338 e. The molecule has 4 aromatic carbocycles. The van der Waals surface area contributed by atoms with E-state index < -0.39 is 0 Å². The van der Waals surface area contributed by atoms with Gasteiger partial charge in [-0.05, 0) is 29.8 Å². The second-order valence-electron chi connectivity index (χ2n) is 10.5. The van der Waals surface area contributed by atoms with Gasteiger partial charge in [-0.15, -0.1) is 12.4 Å². The van der Waals surface area contributed by atoms with Gasteiger partial charge in [-0.2, -0.15) is 0 Å². The van der Waals surface area contributed by atoms with Gasteiger partial charge in [0.25, 0.3) is 0 Å². The molecule has 1 fully saturated rings. The Kier molecular flexibility index (Phi) is 9.52. The van der Waals surface area contributed by atoms with E-state index >= 15 is 0 Å². The Morgan fingerprint density at radius 1 is 0.683 bits per heavy atom. The minimum Gasteiger partial charge on any atom is -0.456 e. The maximum Gasteiger partial charge on any atom is 0.338 e. The molecule has 1 saturated heterocycles. The average Bonchev–Trinajstić information content (AvgIpc) is 3.32. The second kappa shape index (κ2) is 13.6. The summed E-state index contributed by atoms with van der Waals surface area (Å²) in [5.74, 6) is -0.268. The quantitative estimate of drug-likeness (QED) is 0.185. The number of rotatable bonds is 9. The maximum atomic E-state index is 13.2. The van der Waals surface area contributed by atoms with Crippen LogP contribution in [0.3, 0.4) is 0 Å². The van der Waals surface area contributed by atoms with E-state index in [1.165, 1.54) is 27.4 Å². The lowest BCUT2D eigenvalue weighted by Crippen LogP contribution is -2.49. The summed E-state index contributed by atoms with van der Waals surface area (Å²) in [4.78, 5) is 18.1. The first-order valence-corrected chi connectivity index (χ1v) is 14.1. The number of carbonyl (C=O) groups is 1. The van der Waals surface area contributed by atoms with E-state index in [0.717, 1.165) is 32.7 Å². The van der Waals surface area contributed by atoms with Crippen LogP contribution < -0.4 is 0 Å². The third kappa shape index (κ3) is 6.88. The largest absolute Gasteiger partial charge is 0.456 e. The summed E-state index contributed by atoms with van der Waals surface area (Å²) in [6.45, 7) is 6.13. The predicted octanol–water partition coefficient (Wildman–Crippen LogP) is 6.77. The summed E-state index contributed by atoms with van der Waals surface area (Å²) in [6, 6.07) is 36.7. The van der Waals surface area contributed by atoms with Gasteiger partial charge in [0.2, 0.25) is 0 Å². The monoisotopic (exact) mass is 565 g/mol. The molecule has 1 aromatic heterocycles. The van der Waals surface area contributed by atoms with Crippen molar-refractivity contribution in [3.05, 3.63) is 126 Å². The summed E-state index contributed by atoms with van der Waals surface area (Å²) >= 11 is 0. The highest BCUT2D eigenvalue weighted by Crippen LogP contribution is 2.29. The normalized spacial score (nSPS) is 15.2. The van der Waals surface area contributed by atoms with Gasteiger partial charge >= 0.3 is 5.97 Å². The molecular formula is C35H36ClN3O2. The van der Waals surface area contributed by atoms with Crippen LogP contribution in [0.4, 0.5) is 0 Å². The first-order valence-electron chi connectivity index (χ1n) is 14.1. The molecule has 0 N–H and O–H groups in total. The number of aromatic nitrogens is 1. The van der Waals surface area contributed by atoms with E-state index in [-0.39, 0.29) is 24.5 Å². The van der Waals surface area contributed by atoms with Crippen molar-refractivity contribution in [1.29, 1.82) is 0 Å². The summed E-state index contributed by atoms with van der Waals surface area (Å²) < 4.78 is 8.54. The number of hydrogen-bond donors (Lipinski definition) is 0. The molecule has 210 valence electrons. The maximum absolute atomic E-state index is 13.2. The summed E-state index contributed by atoms with van der Waals surface area (Å²) in [7, 11) is 0. The fraction of sp³-hybridized carbons (Fsp3) is 0.229. The minimum atomic E-state index is -0.281. The number of hydrogen-bond acceptors (Lipinski definition) is 4. The molecule has 5 aromatic rings. The Bertz CT molecular complexity index is 1540. The molecule has 0 bridgehead atoms. The summed E-state index contributed by atoms with van der Waals surface area (Å²) in [5.41, 5.74) is 4.15. The van der Waals surface area contributed by atoms with Crippen LogP contribution in [0.2, 0.25) is 0 Å². The van der Waals surface area contributed by atoms with Crippen LogP contribution in [0.25, 0.3) is 27.9 Å². The SMILES string of the molecule is Cl.O=C(OC(CN1CCN(C/C=C/c2ccccc2)CC1)Cn1c2ccccc2c2ccccc21)c1ccccc1. The molecule has 0 spiro atoms. The Morgan fingerprint density at radius 2 is 1.22 bits per heavy atom. The van der Waals surface area contributed by atoms with Crippen molar-refractivity contribution in [2.45, 2.75) is 12.6 Å². The fourth-order valence-corrected chi connectivity index (χ4v) is 5.67. The summed E-state index contributed by atoms with van der Waals surface area (Å²) in [6.07, 6.45) is 4.16. The van der Waals surface area contributed by atoms with Crippen LogP contribution in [-0.2, 0) is 11.3 Å². The summed E-state index contributed by atoms with van der Waals surface area (Å²) in [5, 5.41) is 2.45. The third-order valence-electron chi connectivity index (χ3n) is 7.75. The molecular weight excluding hydrogens is 530 g/mol. The number of para-hydroxylation sites is 2. The molecule has 0 aliphatic carbocycles. The number of carbonyl (C=O) groups excluding carboxylic acids is 1. The van der Waals surface area contributed by atoms with E-state index in [9.17, 15) is 4.79 Å². The lowest BCUT2D eigenvalue weighted by Gasteiger charge is -2.36. The molecule has 0 saturated carbocycles. The number of esters is 1. The first-order chi connectivity index (χ1) is 19.7. The Balaban J connectivity index is 0.00000337. The van der Waals surface area contributed by atoms with Gasteiger partial charge in [0, 0.05) is 61.1 Å². The van der Waals surface area contributed by atoms with E-state index in [0.29, 0.717) is 18.7 Å². The highest BCUT2D eigenvalue weighted by atomic mass is 35.5. The van der Waals surface area contributed by atoms with E-state index in [2.05, 4.69) is 99.3 Å². The van der Waals surface area contributed by atoms with Crippen molar-refractivity contribution in [3.8, 4) is 0 Å². The van der Waals surface area contributed by atoms with Gasteiger partial charge in [-0.1, -0.05) is 97.1 Å². The fourth-order valence-electron chi connectivity index (χ4n) is 5.67. The van der Waals surface area contributed by atoms with Crippen molar-refractivity contribution in [3.63, 3.8) is 0 Å². The molecule has 1 aliphatic heterocycles. The van der Waals surface area contributed by atoms with Crippen LogP contribution in [0.5, 0.6) is 0 Å². The lowest BCUT2D eigenvalue weighted by molar-refractivity contribution is 0.0106. The van der Waals surface area contributed by atoms with Gasteiger partial charge in [0.05, 0.1) is 12.1 Å². The van der Waals surface area contributed by atoms with E-state index in [1.54, 1.807) is 0 Å². The van der Waals surface area contributed by atoms with Gasteiger partial charge in [0.1, 0.15) is 6.10 Å². The highest BCUT2D eigenvalue weighted by molar-refractivity contribution is 6.08. The van der Waals surface area contributed by atoms with Gasteiger partial charge in [0.15, 0.2) is 0 Å². The number of nitrogens with zero attached hydrogens (tertiary/aromatic N) is 3. The zero-order valence-electron chi connectivity index (χ0n) is 23.1. The molecule has 0 amide bonds. The third-order valence-corrected chi connectivity index (χ3v) is 7.75. The molecule has 1 aliphatic rings. The zero-order chi connectivity index (χ0) is 27.1. The number of ether oxygens (including phenoxy) is 1. The van der Waals surface area contributed by atoms with Gasteiger partial charge in [-0.3, -0.25) is 9.80 Å². The number of fused-ring (bicyclic) bond motifs is 3. The van der Waals surface area contributed by atoms with E-state index in [1.807, 2.05) is 36.4 Å². The molecule has 1 atom stereocenters. The van der Waals surface area contributed by atoms with Crippen molar-refractivity contribution >= 4 is 46.3 Å². The standard InChI is InChI=1S/C35H35N3O2.ClH/c39-35(29-15-5-2-6-16-29)40-30(27-38-33-19-9-7-17-31(33)32-18-8-10-20-34(32)38)26-37-24-22-36(23-25-37)21-11-14-28-12-3-1-4-13-28;/h1-20,30H,21-27H2;1H/b14-11+;. The Morgan fingerprint density at radius 3 is 1.85 bits per heavy atom.